The van der Waals surface area contributed by atoms with Crippen molar-refractivity contribution in [2.75, 3.05) is 25.2 Å². The van der Waals surface area contributed by atoms with E-state index < -0.39 is 6.04 Å². The van der Waals surface area contributed by atoms with Crippen LogP contribution in [-0.2, 0) is 0 Å². The fourth-order valence-corrected chi connectivity index (χ4v) is 4.56. The zero-order chi connectivity index (χ0) is 27.5. The molecule has 4 N–H and O–H groups in total. The normalized spacial score (nSPS) is 11.7. The summed E-state index contributed by atoms with van der Waals surface area (Å²) in [5, 5.41) is 7.18. The Morgan fingerprint density at radius 3 is 2.59 bits per heavy atom. The molecule has 0 fully saturated rings. The van der Waals surface area contributed by atoms with Gasteiger partial charge in [0.2, 0.25) is 11.8 Å². The van der Waals surface area contributed by atoms with E-state index in [9.17, 15) is 9.59 Å². The van der Waals surface area contributed by atoms with Gasteiger partial charge in [-0.1, -0.05) is 36.4 Å². The number of anilines is 2. The van der Waals surface area contributed by atoms with Crippen LogP contribution in [0.4, 0.5) is 11.8 Å². The Morgan fingerprint density at radius 1 is 1.05 bits per heavy atom. The summed E-state index contributed by atoms with van der Waals surface area (Å²) < 4.78 is 6.98. The molecule has 0 unspecified atom stereocenters. The third-order valence-corrected chi connectivity index (χ3v) is 6.42. The first-order chi connectivity index (χ1) is 18.9. The van der Waals surface area contributed by atoms with Crippen LogP contribution in [0.3, 0.4) is 0 Å². The third kappa shape index (κ3) is 4.87. The van der Waals surface area contributed by atoms with Gasteiger partial charge in [-0.15, -0.1) is 0 Å². The zero-order valence-corrected chi connectivity index (χ0v) is 21.7. The van der Waals surface area contributed by atoms with Crippen molar-refractivity contribution in [3.05, 3.63) is 101 Å². The topological polar surface area (TPSA) is 137 Å². The number of nitrogens with one attached hydrogen (secondary N) is 2. The van der Waals surface area contributed by atoms with Gasteiger partial charge in [0.15, 0.2) is 0 Å². The average molecular weight is 522 g/mol. The van der Waals surface area contributed by atoms with Crippen molar-refractivity contribution in [1.82, 2.24) is 24.8 Å². The molecule has 0 bridgehead atoms. The Kier molecular flexibility index (Phi) is 6.92. The second-order valence-electron chi connectivity index (χ2n) is 8.84. The fraction of sp³-hybridized carbons (Fsp3) is 0.138. The van der Waals surface area contributed by atoms with Gasteiger partial charge in [0.25, 0.3) is 11.5 Å². The Labute approximate surface area is 224 Å². The van der Waals surface area contributed by atoms with Crippen molar-refractivity contribution in [2.24, 2.45) is 0 Å². The number of nitrogens with two attached hydrogens (primary N) is 1. The number of carbonyl (C=O) groups is 1. The molecule has 0 saturated carbocycles. The molecule has 1 atom stereocenters. The molecule has 1 amide bonds. The Morgan fingerprint density at radius 2 is 1.85 bits per heavy atom. The van der Waals surface area contributed by atoms with Crippen molar-refractivity contribution in [2.45, 2.75) is 13.0 Å². The van der Waals surface area contributed by atoms with Crippen LogP contribution in [-0.4, -0.2) is 39.6 Å². The molecule has 0 spiro atoms. The Hall–Kier alpha value is -5.25. The molecule has 3 heterocycles. The van der Waals surface area contributed by atoms with Crippen LogP contribution in [0, 0.1) is 0 Å². The number of rotatable bonds is 7. The molecule has 10 heteroatoms. The first kappa shape index (κ1) is 25.4. The molecule has 2 aromatic carbocycles. The number of carbonyl (C=O) groups excluding carboxylic acids is 1. The molecule has 0 saturated heterocycles. The molecule has 0 aliphatic heterocycles. The molecule has 3 aromatic heterocycles. The lowest BCUT2D eigenvalue weighted by atomic mass is 9.98. The molecule has 39 heavy (non-hydrogen) atoms. The summed E-state index contributed by atoms with van der Waals surface area (Å²) in [5.74, 6) is 0.382. The van der Waals surface area contributed by atoms with Crippen LogP contribution in [0.5, 0.6) is 5.88 Å². The molecular weight excluding hydrogens is 494 g/mol. The highest BCUT2D eigenvalue weighted by molar-refractivity contribution is 5.99. The summed E-state index contributed by atoms with van der Waals surface area (Å²) in [7, 11) is 3.08. The highest BCUT2D eigenvalue weighted by Crippen LogP contribution is 2.31. The summed E-state index contributed by atoms with van der Waals surface area (Å²) in [5.41, 5.74) is 8.83. The summed E-state index contributed by atoms with van der Waals surface area (Å²) in [6.07, 6.45) is 3.02. The first-order valence-electron chi connectivity index (χ1n) is 12.3. The fourth-order valence-electron chi connectivity index (χ4n) is 4.56. The van der Waals surface area contributed by atoms with Gasteiger partial charge in [0.05, 0.1) is 18.5 Å². The number of nitrogens with zero attached hydrogens (tertiary/aromatic N) is 4. The number of pyridine rings is 2. The minimum Gasteiger partial charge on any atom is -0.481 e. The van der Waals surface area contributed by atoms with Crippen LogP contribution in [0.1, 0.15) is 29.0 Å². The number of hydrogen-bond donors (Lipinski definition) is 3. The number of nitrogen functional groups attached to an aromatic ring is 1. The van der Waals surface area contributed by atoms with Gasteiger partial charge in [-0.25, -0.2) is 9.97 Å². The molecule has 0 aliphatic rings. The maximum absolute atomic E-state index is 14.3. The van der Waals surface area contributed by atoms with Gasteiger partial charge >= 0.3 is 0 Å². The average Bonchev–Trinajstić information content (AvgIpc) is 2.97. The molecule has 0 aliphatic carbocycles. The SMILES string of the molecule is CNC(=O)c1cnc(N)nc1N[C@@H](C)c1cc2cccc(-c3ccnc(OC)c3)c2c(=O)n1-c1ccccc1. The number of methoxy groups -OCH3 is 1. The van der Waals surface area contributed by atoms with Gasteiger partial charge < -0.3 is 21.1 Å². The van der Waals surface area contributed by atoms with E-state index in [4.69, 9.17) is 10.5 Å². The van der Waals surface area contributed by atoms with Crippen LogP contribution in [0.2, 0.25) is 0 Å². The number of hydrogen-bond acceptors (Lipinski definition) is 8. The summed E-state index contributed by atoms with van der Waals surface area (Å²) in [6.45, 7) is 1.89. The van der Waals surface area contributed by atoms with Crippen molar-refractivity contribution in [3.8, 4) is 22.7 Å². The van der Waals surface area contributed by atoms with Crippen molar-refractivity contribution < 1.29 is 9.53 Å². The number of ether oxygens (including phenoxy) is 1. The molecule has 196 valence electrons. The largest absolute Gasteiger partial charge is 0.481 e. The highest BCUT2D eigenvalue weighted by Gasteiger charge is 2.21. The summed E-state index contributed by atoms with van der Waals surface area (Å²) in [6, 6.07) is 20.3. The minimum atomic E-state index is -0.454. The van der Waals surface area contributed by atoms with Crippen LogP contribution in [0.15, 0.2) is 83.9 Å². The quantitative estimate of drug-likeness (QED) is 0.293. The number of aromatic nitrogens is 4. The molecular formula is C29H27N7O3. The van der Waals surface area contributed by atoms with Gasteiger partial charge in [-0.05, 0) is 47.7 Å². The van der Waals surface area contributed by atoms with E-state index in [2.05, 4.69) is 25.6 Å². The van der Waals surface area contributed by atoms with Gasteiger partial charge in [0, 0.05) is 36.9 Å². The number of amides is 1. The highest BCUT2D eigenvalue weighted by atomic mass is 16.5. The Balaban J connectivity index is 1.73. The van der Waals surface area contributed by atoms with E-state index in [1.807, 2.05) is 67.6 Å². The van der Waals surface area contributed by atoms with E-state index in [1.54, 1.807) is 23.9 Å². The molecule has 10 nitrogen and oxygen atoms in total. The smallest absolute Gasteiger partial charge is 0.263 e. The summed E-state index contributed by atoms with van der Waals surface area (Å²) in [4.78, 5) is 39.2. The molecule has 5 aromatic rings. The maximum atomic E-state index is 14.3. The lowest BCUT2D eigenvalue weighted by Crippen LogP contribution is -2.27. The van der Waals surface area contributed by atoms with Crippen LogP contribution in [0.25, 0.3) is 27.6 Å². The second kappa shape index (κ2) is 10.6. The third-order valence-electron chi connectivity index (χ3n) is 6.42. The minimum absolute atomic E-state index is 0.0220. The van der Waals surface area contributed by atoms with E-state index in [0.717, 1.165) is 16.5 Å². The standard InChI is InChI=1S/C29H27N7O3/c1-17(34-26-22(27(37)31-2)16-33-29(30)35-26)23-14-19-8-7-11-21(18-12-13-32-24(15-18)39-3)25(19)28(38)36(23)20-9-5-4-6-10-20/h4-17H,1-3H3,(H,31,37)(H3,30,33,34,35)/t17-/m0/s1. The zero-order valence-electron chi connectivity index (χ0n) is 21.7. The monoisotopic (exact) mass is 521 g/mol. The van der Waals surface area contributed by atoms with Crippen molar-refractivity contribution in [3.63, 3.8) is 0 Å². The lowest BCUT2D eigenvalue weighted by molar-refractivity contribution is 0.0963. The Bertz CT molecular complexity index is 1740. The van der Waals surface area contributed by atoms with Crippen LogP contribution < -0.4 is 26.7 Å². The molecule has 5 rings (SSSR count). The van der Waals surface area contributed by atoms with Gasteiger partial charge in [-0.3, -0.25) is 14.2 Å². The van der Waals surface area contributed by atoms with Crippen molar-refractivity contribution in [1.29, 1.82) is 0 Å². The van der Waals surface area contributed by atoms with E-state index in [1.165, 1.54) is 13.2 Å². The second-order valence-corrected chi connectivity index (χ2v) is 8.84. The predicted molar refractivity (Wildman–Crippen MR) is 151 cm³/mol. The first-order valence-corrected chi connectivity index (χ1v) is 12.3. The van der Waals surface area contributed by atoms with Gasteiger partial charge in [0.1, 0.15) is 11.4 Å². The van der Waals surface area contributed by atoms with Crippen molar-refractivity contribution >= 4 is 28.4 Å². The lowest BCUT2D eigenvalue weighted by Gasteiger charge is -2.23. The van der Waals surface area contributed by atoms with Gasteiger partial charge in [-0.2, -0.15) is 4.98 Å². The predicted octanol–water partition coefficient (Wildman–Crippen LogP) is 3.97. The maximum Gasteiger partial charge on any atom is 0.263 e. The number of para-hydroxylation sites is 1. The summed E-state index contributed by atoms with van der Waals surface area (Å²) >= 11 is 0. The van der Waals surface area contributed by atoms with E-state index >= 15 is 0 Å². The van der Waals surface area contributed by atoms with E-state index in [0.29, 0.717) is 22.6 Å². The molecule has 0 radical (unpaired) electrons. The number of fused-ring (bicyclic) bond motifs is 1. The van der Waals surface area contributed by atoms with Crippen LogP contribution >= 0.6 is 0 Å². The van der Waals surface area contributed by atoms with E-state index in [-0.39, 0.29) is 28.8 Å². The number of benzene rings is 2.